The zero-order valence-electron chi connectivity index (χ0n) is 10.3. The number of nitro groups is 1. The van der Waals surface area contributed by atoms with Crippen molar-refractivity contribution in [1.82, 2.24) is 4.98 Å². The van der Waals surface area contributed by atoms with Crippen molar-refractivity contribution in [3.8, 4) is 5.75 Å². The van der Waals surface area contributed by atoms with Gasteiger partial charge in [-0.15, -0.1) is 0 Å². The number of benzene rings is 1. The molecule has 0 aliphatic heterocycles. The number of non-ortho nitro benzene ring substituents is 1. The highest BCUT2D eigenvalue weighted by atomic mass is 32.2. The first kappa shape index (κ1) is 14.5. The summed E-state index contributed by atoms with van der Waals surface area (Å²) in [5.41, 5.74) is -1.40. The van der Waals surface area contributed by atoms with Gasteiger partial charge in [-0.05, 0) is 6.07 Å². The highest BCUT2D eigenvalue weighted by Crippen LogP contribution is 2.29. The average Bonchev–Trinajstić information content (AvgIpc) is 2.41. The van der Waals surface area contributed by atoms with Gasteiger partial charge in [0.2, 0.25) is 5.43 Å². The Kier molecular flexibility index (Phi) is 3.63. The number of H-pyrrole nitrogens is 1. The van der Waals surface area contributed by atoms with Gasteiger partial charge in [0.15, 0.2) is 4.90 Å². The molecule has 10 heteroatoms. The number of aromatic amines is 1. The number of aromatic hydroxyl groups is 1. The van der Waals surface area contributed by atoms with E-state index in [9.17, 15) is 28.4 Å². The Morgan fingerprint density at radius 2 is 2.00 bits per heavy atom. The minimum atomic E-state index is -4.22. The SMILES string of the molecule is O=c1cc[nH]cc1S(=O)(=O)Nc1ccc([N+](=O)[O-])cc1O. The van der Waals surface area contributed by atoms with E-state index in [1.807, 2.05) is 4.72 Å². The molecule has 0 unspecified atom stereocenters. The van der Waals surface area contributed by atoms with Crippen molar-refractivity contribution in [2.45, 2.75) is 4.90 Å². The van der Waals surface area contributed by atoms with Crippen molar-refractivity contribution in [3.05, 3.63) is 57.0 Å². The van der Waals surface area contributed by atoms with Gasteiger partial charge in [0.1, 0.15) is 5.75 Å². The zero-order chi connectivity index (χ0) is 15.6. The lowest BCUT2D eigenvalue weighted by atomic mass is 10.3. The van der Waals surface area contributed by atoms with Gasteiger partial charge in [0.25, 0.3) is 15.7 Å². The minimum absolute atomic E-state index is 0.274. The summed E-state index contributed by atoms with van der Waals surface area (Å²) >= 11 is 0. The molecule has 1 aromatic carbocycles. The van der Waals surface area contributed by atoms with Crippen LogP contribution in [0.2, 0.25) is 0 Å². The highest BCUT2D eigenvalue weighted by Gasteiger charge is 2.20. The first-order chi connectivity index (χ1) is 9.81. The third-order valence-electron chi connectivity index (χ3n) is 2.51. The Bertz CT molecular complexity index is 858. The van der Waals surface area contributed by atoms with Crippen molar-refractivity contribution >= 4 is 21.4 Å². The van der Waals surface area contributed by atoms with Crippen LogP contribution in [0.25, 0.3) is 0 Å². The van der Waals surface area contributed by atoms with Crippen LogP contribution in [0, 0.1) is 10.1 Å². The molecule has 0 saturated carbocycles. The second-order valence-electron chi connectivity index (χ2n) is 3.94. The van der Waals surface area contributed by atoms with Crippen LogP contribution in [0.5, 0.6) is 5.75 Å². The van der Waals surface area contributed by atoms with Crippen molar-refractivity contribution < 1.29 is 18.4 Å². The van der Waals surface area contributed by atoms with Crippen LogP contribution in [-0.4, -0.2) is 23.4 Å². The molecule has 9 nitrogen and oxygen atoms in total. The van der Waals surface area contributed by atoms with E-state index in [4.69, 9.17) is 0 Å². The molecule has 21 heavy (non-hydrogen) atoms. The van der Waals surface area contributed by atoms with E-state index in [0.717, 1.165) is 30.5 Å². The molecule has 1 heterocycles. The molecule has 2 aromatic rings. The molecule has 0 atom stereocenters. The maximum Gasteiger partial charge on any atom is 0.273 e. The third kappa shape index (κ3) is 3.00. The molecule has 0 aliphatic rings. The van der Waals surface area contributed by atoms with Gasteiger partial charge < -0.3 is 10.1 Å². The number of phenolic OH excluding ortho intramolecular Hbond substituents is 1. The average molecular weight is 311 g/mol. The predicted molar refractivity (Wildman–Crippen MR) is 72.6 cm³/mol. The Hall–Kier alpha value is -2.88. The zero-order valence-corrected chi connectivity index (χ0v) is 11.1. The van der Waals surface area contributed by atoms with Crippen molar-refractivity contribution in [1.29, 1.82) is 0 Å². The smallest absolute Gasteiger partial charge is 0.273 e. The van der Waals surface area contributed by atoms with Crippen LogP contribution >= 0.6 is 0 Å². The summed E-state index contributed by atoms with van der Waals surface area (Å²) in [4.78, 5) is 23.2. The Morgan fingerprint density at radius 1 is 1.29 bits per heavy atom. The van der Waals surface area contributed by atoms with Crippen LogP contribution in [0.1, 0.15) is 0 Å². The summed E-state index contributed by atoms with van der Waals surface area (Å²) in [5.74, 6) is -0.625. The number of aromatic nitrogens is 1. The number of nitrogens with one attached hydrogen (secondary N) is 2. The van der Waals surface area contributed by atoms with Gasteiger partial charge >= 0.3 is 0 Å². The summed E-state index contributed by atoms with van der Waals surface area (Å²) < 4.78 is 26.0. The lowest BCUT2D eigenvalue weighted by Crippen LogP contribution is -2.20. The molecule has 0 spiro atoms. The third-order valence-corrected chi connectivity index (χ3v) is 3.90. The molecule has 3 N–H and O–H groups in total. The lowest BCUT2D eigenvalue weighted by Gasteiger charge is -2.08. The summed E-state index contributed by atoms with van der Waals surface area (Å²) in [6, 6.07) is 3.88. The van der Waals surface area contributed by atoms with Gasteiger partial charge in [-0.1, -0.05) is 0 Å². The van der Waals surface area contributed by atoms with Gasteiger partial charge in [-0.2, -0.15) is 0 Å². The Morgan fingerprint density at radius 3 is 2.57 bits per heavy atom. The second kappa shape index (κ2) is 5.25. The molecule has 0 saturated heterocycles. The van der Waals surface area contributed by atoms with E-state index < -0.39 is 36.7 Å². The monoisotopic (exact) mass is 311 g/mol. The maximum atomic E-state index is 12.0. The second-order valence-corrected chi connectivity index (χ2v) is 5.59. The van der Waals surface area contributed by atoms with Crippen LogP contribution in [-0.2, 0) is 10.0 Å². The number of phenols is 1. The van der Waals surface area contributed by atoms with Crippen LogP contribution in [0.15, 0.2) is 46.3 Å². The Labute approximate surface area is 118 Å². The molecule has 0 amide bonds. The van der Waals surface area contributed by atoms with Gasteiger partial charge in [0, 0.05) is 24.5 Å². The highest BCUT2D eigenvalue weighted by molar-refractivity contribution is 7.92. The van der Waals surface area contributed by atoms with E-state index in [-0.39, 0.29) is 5.69 Å². The number of pyridine rings is 1. The van der Waals surface area contributed by atoms with Gasteiger partial charge in [0.05, 0.1) is 16.7 Å². The quantitative estimate of drug-likeness (QED) is 0.433. The minimum Gasteiger partial charge on any atom is -0.505 e. The number of nitro benzene ring substituents is 1. The van der Waals surface area contributed by atoms with Crippen LogP contribution in [0.4, 0.5) is 11.4 Å². The number of hydrogen-bond donors (Lipinski definition) is 3. The largest absolute Gasteiger partial charge is 0.505 e. The number of hydrogen-bond acceptors (Lipinski definition) is 6. The fraction of sp³-hybridized carbons (Fsp3) is 0. The van der Waals surface area contributed by atoms with Crippen molar-refractivity contribution in [2.75, 3.05) is 4.72 Å². The first-order valence-electron chi connectivity index (χ1n) is 5.48. The van der Waals surface area contributed by atoms with E-state index in [0.29, 0.717) is 0 Å². The molecule has 110 valence electrons. The summed E-state index contributed by atoms with van der Waals surface area (Å²) in [5, 5.41) is 20.1. The molecular formula is C11H9N3O6S. The number of anilines is 1. The van der Waals surface area contributed by atoms with Crippen molar-refractivity contribution in [3.63, 3.8) is 0 Å². The number of sulfonamides is 1. The van der Waals surface area contributed by atoms with Gasteiger partial charge in [-0.3, -0.25) is 19.6 Å². The van der Waals surface area contributed by atoms with Crippen LogP contribution in [0.3, 0.4) is 0 Å². The molecule has 0 fully saturated rings. The summed E-state index contributed by atoms with van der Waals surface area (Å²) in [6.45, 7) is 0. The lowest BCUT2D eigenvalue weighted by molar-refractivity contribution is -0.384. The number of rotatable bonds is 4. The molecule has 0 bridgehead atoms. The van der Waals surface area contributed by atoms with E-state index in [1.54, 1.807) is 0 Å². The number of nitrogens with zero attached hydrogens (tertiary/aromatic N) is 1. The molecular weight excluding hydrogens is 302 g/mol. The standard InChI is InChI=1S/C11H9N3O6S/c15-9-3-4-12-6-11(9)21(19,20)13-8-2-1-7(14(17)18)5-10(8)16/h1-6,13,16H,(H,12,15). The van der Waals surface area contributed by atoms with E-state index >= 15 is 0 Å². The maximum absolute atomic E-state index is 12.0. The summed E-state index contributed by atoms with van der Waals surface area (Å²) in [7, 11) is -4.22. The molecule has 2 rings (SSSR count). The van der Waals surface area contributed by atoms with Crippen LogP contribution < -0.4 is 10.2 Å². The van der Waals surface area contributed by atoms with Gasteiger partial charge in [-0.25, -0.2) is 8.42 Å². The molecule has 0 aliphatic carbocycles. The van der Waals surface area contributed by atoms with Crippen molar-refractivity contribution in [2.24, 2.45) is 0 Å². The topological polar surface area (TPSA) is 142 Å². The first-order valence-corrected chi connectivity index (χ1v) is 6.97. The molecule has 1 aromatic heterocycles. The Balaban J connectivity index is 2.40. The fourth-order valence-electron chi connectivity index (χ4n) is 1.53. The molecule has 0 radical (unpaired) electrons. The normalized spacial score (nSPS) is 11.0. The summed E-state index contributed by atoms with van der Waals surface area (Å²) in [6.07, 6.45) is 2.26. The van der Waals surface area contributed by atoms with E-state index in [2.05, 4.69) is 4.98 Å². The fourth-order valence-corrected chi connectivity index (χ4v) is 2.66. The van der Waals surface area contributed by atoms with E-state index in [1.165, 1.54) is 6.20 Å². The predicted octanol–water partition coefficient (Wildman–Crippen LogP) is 0.789.